The van der Waals surface area contributed by atoms with Gasteiger partial charge in [0.25, 0.3) is 0 Å². The number of para-hydroxylation sites is 1. The highest BCUT2D eigenvalue weighted by Gasteiger charge is 2.08. The zero-order valence-corrected chi connectivity index (χ0v) is 12.2. The summed E-state index contributed by atoms with van der Waals surface area (Å²) in [6.07, 6.45) is 0.848. The fourth-order valence-corrected chi connectivity index (χ4v) is 2.19. The molecule has 2 aromatic rings. The normalized spacial score (nSPS) is 10.2. The Morgan fingerprint density at radius 2 is 1.95 bits per heavy atom. The average molecular weight is 286 g/mol. The molecule has 0 bridgehead atoms. The highest BCUT2D eigenvalue weighted by Crippen LogP contribution is 2.20. The minimum absolute atomic E-state index is 0.289. The lowest BCUT2D eigenvalue weighted by Crippen LogP contribution is -2.29. The number of carbonyl (C=O) groups excluding carboxylic acids is 1. The Morgan fingerprint density at radius 1 is 1.19 bits per heavy atom. The maximum atomic E-state index is 13.1. The molecule has 110 valence electrons. The summed E-state index contributed by atoms with van der Waals surface area (Å²) in [5.41, 5.74) is 3.69. The zero-order chi connectivity index (χ0) is 15.2. The number of halogens is 1. The molecular weight excluding hydrogens is 267 g/mol. The van der Waals surface area contributed by atoms with Crippen LogP contribution in [0.5, 0.6) is 0 Å². The molecule has 21 heavy (non-hydrogen) atoms. The van der Waals surface area contributed by atoms with Gasteiger partial charge in [0, 0.05) is 12.2 Å². The van der Waals surface area contributed by atoms with Crippen molar-refractivity contribution in [2.24, 2.45) is 0 Å². The third-order valence-corrected chi connectivity index (χ3v) is 3.32. The van der Waals surface area contributed by atoms with Crippen molar-refractivity contribution in [2.75, 3.05) is 5.32 Å². The number of nitrogens with one attached hydrogen (secondary N) is 2. The number of aryl methyl sites for hydroxylation is 2. The lowest BCUT2D eigenvalue weighted by atomic mass is 10.1. The van der Waals surface area contributed by atoms with Crippen LogP contribution in [0.3, 0.4) is 0 Å². The van der Waals surface area contributed by atoms with E-state index in [1.807, 2.05) is 32.0 Å². The first-order valence-corrected chi connectivity index (χ1v) is 6.98. The first-order valence-electron chi connectivity index (χ1n) is 6.98. The molecule has 2 aromatic carbocycles. The molecule has 2 rings (SSSR count). The number of benzene rings is 2. The number of amides is 2. The maximum Gasteiger partial charge on any atom is 0.319 e. The first kappa shape index (κ1) is 15.0. The van der Waals surface area contributed by atoms with Crippen LogP contribution < -0.4 is 10.6 Å². The van der Waals surface area contributed by atoms with E-state index in [0.29, 0.717) is 0 Å². The monoisotopic (exact) mass is 286 g/mol. The molecule has 4 heteroatoms. The number of rotatable bonds is 4. The number of hydrogen-bond donors (Lipinski definition) is 2. The van der Waals surface area contributed by atoms with E-state index in [4.69, 9.17) is 0 Å². The van der Waals surface area contributed by atoms with Gasteiger partial charge in [-0.3, -0.25) is 0 Å². The lowest BCUT2D eigenvalue weighted by molar-refractivity contribution is 0.251. The molecule has 0 saturated heterocycles. The van der Waals surface area contributed by atoms with E-state index in [1.165, 1.54) is 12.1 Å². The molecule has 0 heterocycles. The molecule has 0 aliphatic carbocycles. The summed E-state index contributed by atoms with van der Waals surface area (Å²) in [6.45, 7) is 4.29. The highest BCUT2D eigenvalue weighted by atomic mass is 19.1. The van der Waals surface area contributed by atoms with E-state index >= 15 is 0 Å². The molecule has 0 radical (unpaired) electrons. The molecule has 0 spiro atoms. The van der Waals surface area contributed by atoms with Gasteiger partial charge in [0.2, 0.25) is 0 Å². The van der Waals surface area contributed by atoms with E-state index in [-0.39, 0.29) is 18.4 Å². The molecule has 2 amide bonds. The minimum atomic E-state index is -0.304. The van der Waals surface area contributed by atoms with Crippen LogP contribution in [0.1, 0.15) is 23.6 Å². The largest absolute Gasteiger partial charge is 0.334 e. The topological polar surface area (TPSA) is 41.1 Å². The van der Waals surface area contributed by atoms with Crippen molar-refractivity contribution in [1.29, 1.82) is 0 Å². The molecule has 0 aromatic heterocycles. The second-order valence-electron chi connectivity index (χ2n) is 4.90. The van der Waals surface area contributed by atoms with Crippen LogP contribution in [0, 0.1) is 12.7 Å². The smallest absolute Gasteiger partial charge is 0.319 e. The summed E-state index contributed by atoms with van der Waals surface area (Å²) in [7, 11) is 0. The van der Waals surface area contributed by atoms with Crippen molar-refractivity contribution in [1.82, 2.24) is 5.32 Å². The van der Waals surface area contributed by atoms with Gasteiger partial charge in [0.1, 0.15) is 5.82 Å². The summed E-state index contributed by atoms with van der Waals surface area (Å²) < 4.78 is 13.1. The number of carbonyl (C=O) groups is 1. The Morgan fingerprint density at radius 3 is 2.67 bits per heavy atom. The Balaban J connectivity index is 1.99. The van der Waals surface area contributed by atoms with E-state index in [2.05, 4.69) is 10.6 Å². The lowest BCUT2D eigenvalue weighted by Gasteiger charge is -2.13. The molecule has 0 unspecified atom stereocenters. The van der Waals surface area contributed by atoms with Gasteiger partial charge in [0.05, 0.1) is 0 Å². The molecule has 0 atom stereocenters. The van der Waals surface area contributed by atoms with E-state index in [0.717, 1.165) is 28.8 Å². The number of anilines is 1. The van der Waals surface area contributed by atoms with Gasteiger partial charge in [-0.2, -0.15) is 0 Å². The summed E-state index contributed by atoms with van der Waals surface area (Å²) >= 11 is 0. The van der Waals surface area contributed by atoms with Crippen LogP contribution in [-0.4, -0.2) is 6.03 Å². The van der Waals surface area contributed by atoms with Gasteiger partial charge in [-0.05, 0) is 42.2 Å². The van der Waals surface area contributed by atoms with Crippen molar-refractivity contribution >= 4 is 11.7 Å². The molecule has 0 aliphatic heterocycles. The Kier molecular flexibility index (Phi) is 4.93. The third-order valence-electron chi connectivity index (χ3n) is 3.32. The van der Waals surface area contributed by atoms with Crippen LogP contribution in [0.25, 0.3) is 0 Å². The highest BCUT2D eigenvalue weighted by molar-refractivity contribution is 5.91. The van der Waals surface area contributed by atoms with Gasteiger partial charge in [-0.25, -0.2) is 9.18 Å². The third kappa shape index (κ3) is 4.05. The van der Waals surface area contributed by atoms with E-state index in [1.54, 1.807) is 12.1 Å². The zero-order valence-electron chi connectivity index (χ0n) is 12.2. The summed E-state index contributed by atoms with van der Waals surface area (Å²) in [6, 6.07) is 11.8. The predicted molar refractivity (Wildman–Crippen MR) is 82.8 cm³/mol. The fourth-order valence-electron chi connectivity index (χ4n) is 2.19. The quantitative estimate of drug-likeness (QED) is 0.875. The fraction of sp³-hybridized carbons (Fsp3) is 0.235. The Labute approximate surface area is 124 Å². The van der Waals surface area contributed by atoms with Crippen LogP contribution in [0.4, 0.5) is 14.9 Å². The molecule has 3 nitrogen and oxygen atoms in total. The second-order valence-corrected chi connectivity index (χ2v) is 4.90. The van der Waals surface area contributed by atoms with E-state index < -0.39 is 0 Å². The molecule has 0 aliphatic rings. The van der Waals surface area contributed by atoms with Crippen molar-refractivity contribution < 1.29 is 9.18 Å². The Hall–Kier alpha value is -2.36. The second kappa shape index (κ2) is 6.88. The van der Waals surface area contributed by atoms with Crippen molar-refractivity contribution in [3.8, 4) is 0 Å². The number of urea groups is 1. The first-order chi connectivity index (χ1) is 10.1. The molecule has 0 fully saturated rings. The maximum absolute atomic E-state index is 13.1. The van der Waals surface area contributed by atoms with Gasteiger partial charge in [-0.1, -0.05) is 37.3 Å². The van der Waals surface area contributed by atoms with Gasteiger partial charge in [0.15, 0.2) is 0 Å². The Bertz CT molecular complexity index is 640. The molecular formula is C17H19FN2O. The summed E-state index contributed by atoms with van der Waals surface area (Å²) in [5.74, 6) is -0.304. The predicted octanol–water partition coefficient (Wildman–Crippen LogP) is 4.02. The molecule has 2 N–H and O–H groups in total. The standard InChI is InChI=1S/C17H19FN2O/c1-3-14-8-4-6-12(2)16(14)20-17(21)19-11-13-7-5-9-15(18)10-13/h4-10H,3,11H2,1-2H3,(H2,19,20,21). The van der Waals surface area contributed by atoms with Crippen molar-refractivity contribution in [2.45, 2.75) is 26.8 Å². The van der Waals surface area contributed by atoms with Crippen LogP contribution >= 0.6 is 0 Å². The van der Waals surface area contributed by atoms with Crippen LogP contribution in [0.15, 0.2) is 42.5 Å². The number of hydrogen-bond acceptors (Lipinski definition) is 1. The average Bonchev–Trinajstić information content (AvgIpc) is 2.47. The van der Waals surface area contributed by atoms with Crippen molar-refractivity contribution in [3.63, 3.8) is 0 Å². The van der Waals surface area contributed by atoms with Crippen LogP contribution in [0.2, 0.25) is 0 Å². The van der Waals surface area contributed by atoms with Gasteiger partial charge in [-0.15, -0.1) is 0 Å². The summed E-state index contributed by atoms with van der Waals surface area (Å²) in [5, 5.41) is 5.61. The summed E-state index contributed by atoms with van der Waals surface area (Å²) in [4.78, 5) is 12.0. The van der Waals surface area contributed by atoms with E-state index in [9.17, 15) is 9.18 Å². The SMILES string of the molecule is CCc1cccc(C)c1NC(=O)NCc1cccc(F)c1. The van der Waals surface area contributed by atoms with Crippen LogP contribution in [-0.2, 0) is 13.0 Å². The van der Waals surface area contributed by atoms with Gasteiger partial charge < -0.3 is 10.6 Å². The van der Waals surface area contributed by atoms with Crippen molar-refractivity contribution in [3.05, 3.63) is 65.0 Å². The molecule has 0 saturated carbocycles. The minimum Gasteiger partial charge on any atom is -0.334 e. The van der Waals surface area contributed by atoms with Gasteiger partial charge >= 0.3 is 6.03 Å².